The molecular formula is C11H17N3O3S. The van der Waals surface area contributed by atoms with Crippen molar-refractivity contribution in [2.24, 2.45) is 0 Å². The molecule has 1 heterocycles. The minimum atomic E-state index is -0.396. The summed E-state index contributed by atoms with van der Waals surface area (Å²) in [6, 6.07) is -0.269. The lowest BCUT2D eigenvalue weighted by Crippen LogP contribution is -2.40. The molecule has 6 nitrogen and oxygen atoms in total. The van der Waals surface area contributed by atoms with Crippen molar-refractivity contribution in [2.75, 3.05) is 31.7 Å². The molecule has 0 saturated carbocycles. The van der Waals surface area contributed by atoms with Crippen LogP contribution in [0.15, 0.2) is 18.7 Å². The quantitative estimate of drug-likeness (QED) is 0.724. The summed E-state index contributed by atoms with van der Waals surface area (Å²) in [5, 5.41) is 0. The van der Waals surface area contributed by atoms with Gasteiger partial charge in [0.2, 0.25) is 0 Å². The summed E-state index contributed by atoms with van der Waals surface area (Å²) in [5.74, 6) is 0.367. The van der Waals surface area contributed by atoms with Crippen molar-refractivity contribution in [3.8, 4) is 0 Å². The monoisotopic (exact) mass is 271 g/mol. The van der Waals surface area contributed by atoms with Crippen LogP contribution in [0, 0.1) is 0 Å². The van der Waals surface area contributed by atoms with Gasteiger partial charge >= 0.3 is 12.0 Å². The SMILES string of the molecule is CCOC(=O)CN(CCSC)C(=O)n1ccnc1. The summed E-state index contributed by atoms with van der Waals surface area (Å²) in [4.78, 5) is 28.8. The van der Waals surface area contributed by atoms with E-state index in [0.29, 0.717) is 13.2 Å². The van der Waals surface area contributed by atoms with Gasteiger partial charge in [-0.1, -0.05) is 0 Å². The van der Waals surface area contributed by atoms with Crippen molar-refractivity contribution in [3.05, 3.63) is 18.7 Å². The number of esters is 1. The van der Waals surface area contributed by atoms with Crippen LogP contribution in [0.2, 0.25) is 0 Å². The van der Waals surface area contributed by atoms with Crippen molar-refractivity contribution >= 4 is 23.8 Å². The molecule has 1 aromatic heterocycles. The molecule has 0 spiro atoms. The van der Waals surface area contributed by atoms with Crippen LogP contribution in [-0.2, 0) is 9.53 Å². The maximum Gasteiger partial charge on any atom is 0.329 e. The second-order valence-electron chi connectivity index (χ2n) is 3.47. The largest absolute Gasteiger partial charge is 0.465 e. The number of hydrogen-bond donors (Lipinski definition) is 0. The van der Waals surface area contributed by atoms with Crippen molar-refractivity contribution < 1.29 is 14.3 Å². The Kier molecular flexibility index (Phi) is 6.27. The van der Waals surface area contributed by atoms with Gasteiger partial charge in [0.25, 0.3) is 0 Å². The number of ether oxygens (including phenoxy) is 1. The van der Waals surface area contributed by atoms with Crippen LogP contribution in [0.1, 0.15) is 6.92 Å². The van der Waals surface area contributed by atoms with Gasteiger partial charge in [-0.05, 0) is 13.2 Å². The number of aromatic nitrogens is 2. The minimum absolute atomic E-state index is 0.0363. The number of carbonyl (C=O) groups excluding carboxylic acids is 2. The standard InChI is InChI=1S/C11H17N3O3S/c1-3-17-10(15)8-13(6-7-18-2)11(16)14-5-4-12-9-14/h4-5,9H,3,6-8H2,1-2H3. The molecule has 0 bridgehead atoms. The van der Waals surface area contributed by atoms with E-state index in [2.05, 4.69) is 4.98 Å². The van der Waals surface area contributed by atoms with E-state index in [-0.39, 0.29) is 12.6 Å². The molecule has 0 saturated heterocycles. The molecule has 0 aliphatic rings. The maximum absolute atomic E-state index is 12.1. The highest BCUT2D eigenvalue weighted by Gasteiger charge is 2.18. The van der Waals surface area contributed by atoms with Gasteiger partial charge in [-0.25, -0.2) is 9.78 Å². The van der Waals surface area contributed by atoms with E-state index in [1.165, 1.54) is 22.0 Å². The number of carbonyl (C=O) groups is 2. The third-order valence-corrected chi connectivity index (χ3v) is 2.78. The maximum atomic E-state index is 12.1. The fourth-order valence-electron chi connectivity index (χ4n) is 1.34. The van der Waals surface area contributed by atoms with Gasteiger partial charge in [0.05, 0.1) is 6.61 Å². The highest BCUT2D eigenvalue weighted by atomic mass is 32.2. The Morgan fingerprint density at radius 2 is 2.28 bits per heavy atom. The second-order valence-corrected chi connectivity index (χ2v) is 4.46. The third kappa shape index (κ3) is 4.40. The highest BCUT2D eigenvalue weighted by molar-refractivity contribution is 7.98. The van der Waals surface area contributed by atoms with Gasteiger partial charge in [-0.3, -0.25) is 9.36 Å². The fraction of sp³-hybridized carbons (Fsp3) is 0.545. The molecule has 1 aromatic rings. The summed E-state index contributed by atoms with van der Waals surface area (Å²) in [6.07, 6.45) is 6.44. The number of thioether (sulfide) groups is 1. The first kappa shape index (κ1) is 14.6. The Balaban J connectivity index is 2.65. The Hall–Kier alpha value is -1.50. The first-order chi connectivity index (χ1) is 8.69. The molecule has 0 atom stereocenters. The van der Waals surface area contributed by atoms with Crippen LogP contribution in [0.4, 0.5) is 4.79 Å². The van der Waals surface area contributed by atoms with E-state index < -0.39 is 5.97 Å². The predicted molar refractivity (Wildman–Crippen MR) is 69.6 cm³/mol. The Labute approximate surface area is 110 Å². The van der Waals surface area contributed by atoms with Crippen LogP contribution < -0.4 is 0 Å². The highest BCUT2D eigenvalue weighted by Crippen LogP contribution is 2.01. The number of imidazole rings is 1. The zero-order chi connectivity index (χ0) is 13.4. The van der Waals surface area contributed by atoms with Gasteiger partial charge in [0, 0.05) is 24.7 Å². The topological polar surface area (TPSA) is 64.4 Å². The zero-order valence-electron chi connectivity index (χ0n) is 10.5. The average Bonchev–Trinajstić information content (AvgIpc) is 2.87. The molecule has 0 radical (unpaired) electrons. The lowest BCUT2D eigenvalue weighted by atomic mass is 10.5. The summed E-state index contributed by atoms with van der Waals surface area (Å²) in [7, 11) is 0. The molecule has 7 heteroatoms. The van der Waals surface area contributed by atoms with E-state index in [1.807, 2.05) is 6.26 Å². The van der Waals surface area contributed by atoms with E-state index in [9.17, 15) is 9.59 Å². The van der Waals surface area contributed by atoms with Gasteiger partial charge < -0.3 is 9.64 Å². The van der Waals surface area contributed by atoms with E-state index >= 15 is 0 Å². The molecule has 0 N–H and O–H groups in total. The molecule has 1 rings (SSSR count). The third-order valence-electron chi connectivity index (χ3n) is 2.19. The summed E-state index contributed by atoms with van der Waals surface area (Å²) < 4.78 is 6.20. The van der Waals surface area contributed by atoms with E-state index in [4.69, 9.17) is 4.74 Å². The van der Waals surface area contributed by atoms with Crippen molar-refractivity contribution in [2.45, 2.75) is 6.92 Å². The number of rotatable bonds is 6. The lowest BCUT2D eigenvalue weighted by Gasteiger charge is -2.21. The molecule has 0 aliphatic heterocycles. The van der Waals surface area contributed by atoms with E-state index in [1.54, 1.807) is 24.9 Å². The normalized spacial score (nSPS) is 10.1. The Bertz CT molecular complexity index is 381. The second kappa shape index (κ2) is 7.75. The Morgan fingerprint density at radius 1 is 1.50 bits per heavy atom. The lowest BCUT2D eigenvalue weighted by molar-refractivity contribution is -0.143. The molecule has 0 aliphatic carbocycles. The number of hydrogen-bond acceptors (Lipinski definition) is 5. The van der Waals surface area contributed by atoms with Crippen LogP contribution in [0.25, 0.3) is 0 Å². The fourth-order valence-corrected chi connectivity index (χ4v) is 1.74. The smallest absolute Gasteiger partial charge is 0.329 e. The molecule has 0 aromatic carbocycles. The van der Waals surface area contributed by atoms with Crippen LogP contribution in [0.5, 0.6) is 0 Å². The van der Waals surface area contributed by atoms with Crippen molar-refractivity contribution in [1.82, 2.24) is 14.5 Å². The van der Waals surface area contributed by atoms with Gasteiger partial charge in [0.15, 0.2) is 0 Å². The molecular weight excluding hydrogens is 254 g/mol. The summed E-state index contributed by atoms with van der Waals surface area (Å²) in [5.41, 5.74) is 0. The molecule has 18 heavy (non-hydrogen) atoms. The molecule has 100 valence electrons. The molecule has 0 fully saturated rings. The minimum Gasteiger partial charge on any atom is -0.465 e. The molecule has 1 amide bonds. The number of amides is 1. The first-order valence-electron chi connectivity index (χ1n) is 5.60. The predicted octanol–water partition coefficient (Wildman–Crippen LogP) is 1.08. The van der Waals surface area contributed by atoms with Crippen LogP contribution in [-0.4, -0.2) is 58.2 Å². The van der Waals surface area contributed by atoms with Gasteiger partial charge in [-0.2, -0.15) is 11.8 Å². The first-order valence-corrected chi connectivity index (χ1v) is 7.00. The van der Waals surface area contributed by atoms with Crippen molar-refractivity contribution in [1.29, 1.82) is 0 Å². The van der Waals surface area contributed by atoms with Gasteiger partial charge in [0.1, 0.15) is 12.9 Å². The number of nitrogens with zero attached hydrogens (tertiary/aromatic N) is 3. The summed E-state index contributed by atoms with van der Waals surface area (Å²) >= 11 is 1.61. The Morgan fingerprint density at radius 3 is 2.83 bits per heavy atom. The zero-order valence-corrected chi connectivity index (χ0v) is 11.4. The van der Waals surface area contributed by atoms with Crippen LogP contribution in [0.3, 0.4) is 0 Å². The van der Waals surface area contributed by atoms with Crippen LogP contribution >= 0.6 is 11.8 Å². The van der Waals surface area contributed by atoms with E-state index in [0.717, 1.165) is 5.75 Å². The van der Waals surface area contributed by atoms with Crippen molar-refractivity contribution in [3.63, 3.8) is 0 Å². The van der Waals surface area contributed by atoms with Gasteiger partial charge in [-0.15, -0.1) is 0 Å². The summed E-state index contributed by atoms with van der Waals surface area (Å²) in [6.45, 7) is 2.51. The average molecular weight is 271 g/mol. The molecule has 0 unspecified atom stereocenters.